The second kappa shape index (κ2) is 5.30. The maximum absolute atomic E-state index is 4.63. The van der Waals surface area contributed by atoms with Crippen molar-refractivity contribution in [3.63, 3.8) is 0 Å². The van der Waals surface area contributed by atoms with Gasteiger partial charge in [-0.3, -0.25) is 4.68 Å². The zero-order valence-electron chi connectivity index (χ0n) is 12.4. The van der Waals surface area contributed by atoms with E-state index in [0.29, 0.717) is 6.04 Å². The summed E-state index contributed by atoms with van der Waals surface area (Å²) in [6.07, 6.45) is 5.61. The highest BCUT2D eigenvalue weighted by atomic mass is 32.1. The molecule has 2 aromatic heterocycles. The van der Waals surface area contributed by atoms with Crippen molar-refractivity contribution in [1.29, 1.82) is 0 Å². The van der Waals surface area contributed by atoms with Crippen LogP contribution in [0.5, 0.6) is 0 Å². The number of rotatable bonds is 3. The van der Waals surface area contributed by atoms with Gasteiger partial charge in [-0.05, 0) is 40.0 Å². The summed E-state index contributed by atoms with van der Waals surface area (Å²) in [4.78, 5) is 4.34. The summed E-state index contributed by atoms with van der Waals surface area (Å²) in [5.41, 5.74) is 5.86. The molecule has 0 saturated heterocycles. The average Bonchev–Trinajstić information content (AvgIpc) is 3.04. The van der Waals surface area contributed by atoms with E-state index in [2.05, 4.69) is 52.4 Å². The van der Waals surface area contributed by atoms with Crippen molar-refractivity contribution in [3.8, 4) is 0 Å². The van der Waals surface area contributed by atoms with E-state index in [4.69, 9.17) is 0 Å². The lowest BCUT2D eigenvalue weighted by Gasteiger charge is -2.28. The number of hydrogen-bond donors (Lipinski definition) is 1. The Morgan fingerprint density at radius 1 is 1.45 bits per heavy atom. The third kappa shape index (κ3) is 2.65. The first-order valence-corrected chi connectivity index (χ1v) is 8.18. The number of fused-ring (bicyclic) bond motifs is 1. The Morgan fingerprint density at radius 3 is 3.00 bits per heavy atom. The maximum atomic E-state index is 4.63. The van der Waals surface area contributed by atoms with E-state index in [1.807, 2.05) is 5.51 Å². The summed E-state index contributed by atoms with van der Waals surface area (Å²) >= 11 is 1.65. The molecule has 20 heavy (non-hydrogen) atoms. The Kier molecular flexibility index (Phi) is 3.65. The molecule has 5 heteroatoms. The summed E-state index contributed by atoms with van der Waals surface area (Å²) < 4.78 is 2.19. The van der Waals surface area contributed by atoms with Crippen molar-refractivity contribution in [2.75, 3.05) is 0 Å². The van der Waals surface area contributed by atoms with Crippen LogP contribution in [0.15, 0.2) is 17.1 Å². The van der Waals surface area contributed by atoms with Crippen LogP contribution in [0.1, 0.15) is 56.6 Å². The first-order chi connectivity index (χ1) is 9.55. The lowest BCUT2D eigenvalue weighted by molar-refractivity contribution is 0.334. The van der Waals surface area contributed by atoms with Crippen LogP contribution >= 0.6 is 11.3 Å². The monoisotopic (exact) mass is 290 g/mol. The fourth-order valence-electron chi connectivity index (χ4n) is 2.90. The molecular weight excluding hydrogens is 268 g/mol. The molecule has 2 aromatic rings. The van der Waals surface area contributed by atoms with Crippen molar-refractivity contribution in [3.05, 3.63) is 34.0 Å². The van der Waals surface area contributed by atoms with Crippen molar-refractivity contribution < 1.29 is 0 Å². The van der Waals surface area contributed by atoms with E-state index in [9.17, 15) is 0 Å². The minimum Gasteiger partial charge on any atom is -0.304 e. The summed E-state index contributed by atoms with van der Waals surface area (Å²) in [5.74, 6) is 0. The largest absolute Gasteiger partial charge is 0.304 e. The molecule has 1 aliphatic rings. The molecule has 3 rings (SSSR count). The zero-order valence-corrected chi connectivity index (χ0v) is 13.2. The Bertz CT molecular complexity index is 565. The van der Waals surface area contributed by atoms with Gasteiger partial charge in [0.25, 0.3) is 0 Å². The van der Waals surface area contributed by atoms with Gasteiger partial charge in [-0.25, -0.2) is 4.98 Å². The number of nitrogens with zero attached hydrogens (tertiary/aromatic N) is 3. The molecule has 0 aromatic carbocycles. The summed E-state index contributed by atoms with van der Waals surface area (Å²) in [5, 5.41) is 10.4. The van der Waals surface area contributed by atoms with Gasteiger partial charge in [-0.2, -0.15) is 5.10 Å². The van der Waals surface area contributed by atoms with Crippen molar-refractivity contribution in [2.45, 2.75) is 58.2 Å². The topological polar surface area (TPSA) is 42.7 Å². The Morgan fingerprint density at radius 2 is 2.30 bits per heavy atom. The lowest BCUT2D eigenvalue weighted by Crippen LogP contribution is -2.29. The fraction of sp³-hybridized carbons (Fsp3) is 0.600. The predicted molar refractivity (Wildman–Crippen MR) is 81.9 cm³/mol. The third-order valence-corrected chi connectivity index (χ3v) is 4.47. The second-order valence-corrected chi connectivity index (χ2v) is 7.15. The molecule has 1 atom stereocenters. The molecule has 0 bridgehead atoms. The highest BCUT2D eigenvalue weighted by Crippen LogP contribution is 2.32. The van der Waals surface area contributed by atoms with Crippen molar-refractivity contribution in [2.24, 2.45) is 0 Å². The first kappa shape index (κ1) is 13.8. The first-order valence-electron chi connectivity index (χ1n) is 7.23. The Hall–Kier alpha value is -1.20. The SMILES string of the molecule is CC(C)(C)n1ncc2c1CCC[C@@H]2NCc1cscn1. The molecule has 108 valence electrons. The normalized spacial score (nSPS) is 19.1. The lowest BCUT2D eigenvalue weighted by atomic mass is 9.92. The van der Waals surface area contributed by atoms with Gasteiger partial charge in [0.1, 0.15) is 0 Å². The van der Waals surface area contributed by atoms with Crippen LogP contribution in [0.3, 0.4) is 0 Å². The molecule has 4 nitrogen and oxygen atoms in total. The van der Waals surface area contributed by atoms with Gasteiger partial charge in [0.2, 0.25) is 0 Å². The van der Waals surface area contributed by atoms with Crippen LogP contribution in [0.25, 0.3) is 0 Å². The molecule has 0 amide bonds. The summed E-state index contributed by atoms with van der Waals surface area (Å²) in [7, 11) is 0. The molecule has 1 N–H and O–H groups in total. The van der Waals surface area contributed by atoms with Gasteiger partial charge in [0, 0.05) is 29.2 Å². The summed E-state index contributed by atoms with van der Waals surface area (Å²) in [6, 6.07) is 0.413. The van der Waals surface area contributed by atoms with Crippen LogP contribution in [-0.4, -0.2) is 14.8 Å². The molecular formula is C15H22N4S. The van der Waals surface area contributed by atoms with Crippen LogP contribution in [-0.2, 0) is 18.5 Å². The highest BCUT2D eigenvalue weighted by molar-refractivity contribution is 7.07. The Labute approximate surface area is 124 Å². The average molecular weight is 290 g/mol. The van der Waals surface area contributed by atoms with E-state index in [1.54, 1.807) is 11.3 Å². The number of aromatic nitrogens is 3. The standard InChI is InChI=1S/C15H22N4S/c1-15(2,3)19-14-6-4-5-13(12(14)8-18-19)16-7-11-9-20-10-17-11/h8-10,13,16H,4-7H2,1-3H3/t13-/m0/s1. The van der Waals surface area contributed by atoms with Crippen LogP contribution in [0, 0.1) is 0 Å². The van der Waals surface area contributed by atoms with Crippen molar-refractivity contribution in [1.82, 2.24) is 20.1 Å². The van der Waals surface area contributed by atoms with Crippen molar-refractivity contribution >= 4 is 11.3 Å². The molecule has 0 aliphatic heterocycles. The molecule has 1 aliphatic carbocycles. The Balaban J connectivity index is 1.78. The molecule has 0 unspecified atom stereocenters. The zero-order chi connectivity index (χ0) is 14.2. The van der Waals surface area contributed by atoms with Gasteiger partial charge in [-0.15, -0.1) is 11.3 Å². The fourth-order valence-corrected chi connectivity index (χ4v) is 3.46. The molecule has 0 saturated carbocycles. The quantitative estimate of drug-likeness (QED) is 0.943. The smallest absolute Gasteiger partial charge is 0.0795 e. The molecule has 2 heterocycles. The number of hydrogen-bond acceptors (Lipinski definition) is 4. The van der Waals surface area contributed by atoms with E-state index >= 15 is 0 Å². The van der Waals surface area contributed by atoms with E-state index < -0.39 is 0 Å². The van der Waals surface area contributed by atoms with Crippen LogP contribution in [0.2, 0.25) is 0 Å². The van der Waals surface area contributed by atoms with Gasteiger partial charge >= 0.3 is 0 Å². The third-order valence-electron chi connectivity index (χ3n) is 3.83. The van der Waals surface area contributed by atoms with E-state index in [0.717, 1.165) is 18.7 Å². The molecule has 0 fully saturated rings. The van der Waals surface area contributed by atoms with Gasteiger partial charge in [0.05, 0.1) is 22.9 Å². The van der Waals surface area contributed by atoms with Crippen LogP contribution < -0.4 is 5.32 Å². The minimum absolute atomic E-state index is 0.0599. The van der Waals surface area contributed by atoms with E-state index in [1.165, 1.54) is 24.1 Å². The second-order valence-electron chi connectivity index (χ2n) is 6.43. The molecule has 0 radical (unpaired) electrons. The van der Waals surface area contributed by atoms with Gasteiger partial charge in [0.15, 0.2) is 0 Å². The highest BCUT2D eigenvalue weighted by Gasteiger charge is 2.27. The van der Waals surface area contributed by atoms with Crippen LogP contribution in [0.4, 0.5) is 0 Å². The number of thiazole rings is 1. The van der Waals surface area contributed by atoms with Gasteiger partial charge < -0.3 is 5.32 Å². The number of nitrogens with one attached hydrogen (secondary N) is 1. The van der Waals surface area contributed by atoms with Gasteiger partial charge in [-0.1, -0.05) is 0 Å². The van der Waals surface area contributed by atoms with E-state index in [-0.39, 0.29) is 5.54 Å². The molecule has 0 spiro atoms. The summed E-state index contributed by atoms with van der Waals surface area (Å²) in [6.45, 7) is 7.49. The minimum atomic E-state index is 0.0599. The predicted octanol–water partition coefficient (Wildman–Crippen LogP) is 3.26. The maximum Gasteiger partial charge on any atom is 0.0795 e.